The van der Waals surface area contributed by atoms with E-state index in [1.54, 1.807) is 0 Å². The second kappa shape index (κ2) is 1.89. The molecule has 1 saturated carbocycles. The number of carbonyl (C=O) groups is 1. The van der Waals surface area contributed by atoms with Crippen LogP contribution in [0.15, 0.2) is 0 Å². The minimum Gasteiger partial charge on any atom is -0.362 e. The molecule has 1 atom stereocenters. The zero-order valence-corrected chi connectivity index (χ0v) is 5.04. The molecule has 0 aliphatic heterocycles. The van der Waals surface area contributed by atoms with Gasteiger partial charge in [-0.25, -0.2) is 0 Å². The minimum absolute atomic E-state index is 0.206. The summed E-state index contributed by atoms with van der Waals surface area (Å²) < 4.78 is 4.75. The predicted octanol–water partition coefficient (Wildman–Crippen LogP) is 0.525. The molecule has 0 heterocycles. The van der Waals surface area contributed by atoms with Crippen LogP contribution >= 0.6 is 9.47 Å². The standard InChI is InChI=1S/C4H7O2P/c5-3-1-4(2-3)6-7/h4H,1-2,7H2. The van der Waals surface area contributed by atoms with E-state index in [-0.39, 0.29) is 6.10 Å². The molecular weight excluding hydrogens is 111 g/mol. The van der Waals surface area contributed by atoms with E-state index in [1.165, 1.54) is 0 Å². The lowest BCUT2D eigenvalue weighted by molar-refractivity contribution is -0.128. The van der Waals surface area contributed by atoms with Crippen LogP contribution in [-0.2, 0) is 9.32 Å². The van der Waals surface area contributed by atoms with Gasteiger partial charge < -0.3 is 4.52 Å². The fourth-order valence-electron chi connectivity index (χ4n) is 0.544. The van der Waals surface area contributed by atoms with Gasteiger partial charge in [0.05, 0.1) is 6.10 Å². The van der Waals surface area contributed by atoms with Crippen molar-refractivity contribution < 1.29 is 9.32 Å². The van der Waals surface area contributed by atoms with Crippen molar-refractivity contribution in [3.05, 3.63) is 0 Å². The molecule has 0 bridgehead atoms. The fraction of sp³-hybridized carbons (Fsp3) is 0.750. The Balaban J connectivity index is 2.17. The molecule has 2 nitrogen and oxygen atoms in total. The molecule has 3 heteroatoms. The Morgan fingerprint density at radius 3 is 2.43 bits per heavy atom. The Morgan fingerprint density at radius 2 is 2.29 bits per heavy atom. The van der Waals surface area contributed by atoms with Gasteiger partial charge in [-0.3, -0.25) is 4.79 Å². The average molecular weight is 118 g/mol. The van der Waals surface area contributed by atoms with E-state index in [1.807, 2.05) is 0 Å². The van der Waals surface area contributed by atoms with Crippen molar-refractivity contribution in [2.75, 3.05) is 0 Å². The second-order valence-electron chi connectivity index (χ2n) is 1.71. The number of carbonyl (C=O) groups excluding carboxylic acids is 1. The van der Waals surface area contributed by atoms with Crippen molar-refractivity contribution in [3.8, 4) is 0 Å². The third kappa shape index (κ3) is 0.987. The molecule has 0 aromatic heterocycles. The summed E-state index contributed by atoms with van der Waals surface area (Å²) in [5, 5.41) is 0. The summed E-state index contributed by atoms with van der Waals surface area (Å²) in [4.78, 5) is 10.2. The van der Waals surface area contributed by atoms with Gasteiger partial charge in [-0.05, 0) is 0 Å². The highest BCUT2D eigenvalue weighted by Crippen LogP contribution is 2.19. The van der Waals surface area contributed by atoms with E-state index in [0.29, 0.717) is 18.6 Å². The molecule has 0 N–H and O–H groups in total. The molecular formula is C4H7O2P. The van der Waals surface area contributed by atoms with Crippen LogP contribution in [0.2, 0.25) is 0 Å². The van der Waals surface area contributed by atoms with Crippen LogP contribution in [-0.4, -0.2) is 11.9 Å². The van der Waals surface area contributed by atoms with Gasteiger partial charge in [-0.15, -0.1) is 0 Å². The first-order valence-electron chi connectivity index (χ1n) is 2.20. The zero-order valence-electron chi connectivity index (χ0n) is 3.89. The molecule has 0 saturated heterocycles. The van der Waals surface area contributed by atoms with Crippen LogP contribution in [0.3, 0.4) is 0 Å². The lowest BCUT2D eigenvalue weighted by Crippen LogP contribution is -2.28. The van der Waals surface area contributed by atoms with Gasteiger partial charge in [0.2, 0.25) is 0 Å². The van der Waals surface area contributed by atoms with Crippen molar-refractivity contribution in [1.29, 1.82) is 0 Å². The summed E-state index contributed by atoms with van der Waals surface area (Å²) in [6.45, 7) is 0. The summed E-state index contributed by atoms with van der Waals surface area (Å²) in [6, 6.07) is 0. The molecule has 0 radical (unpaired) electrons. The lowest BCUT2D eigenvalue weighted by Gasteiger charge is -2.21. The Morgan fingerprint density at radius 1 is 1.71 bits per heavy atom. The normalized spacial score (nSPS) is 22.1. The quantitative estimate of drug-likeness (QED) is 0.469. The number of ketones is 1. The number of Topliss-reactive ketones (excluding diaryl/α,β-unsaturated/α-hetero) is 1. The molecule has 7 heavy (non-hydrogen) atoms. The summed E-state index contributed by atoms with van der Waals surface area (Å²) in [5.74, 6) is 0.312. The molecule has 1 aliphatic rings. The molecule has 40 valence electrons. The predicted molar refractivity (Wildman–Crippen MR) is 28.8 cm³/mol. The molecule has 1 fully saturated rings. The molecule has 0 aromatic carbocycles. The maximum atomic E-state index is 10.2. The van der Waals surface area contributed by atoms with Crippen LogP contribution in [0.1, 0.15) is 12.8 Å². The highest BCUT2D eigenvalue weighted by Gasteiger charge is 2.25. The van der Waals surface area contributed by atoms with Gasteiger partial charge in [0, 0.05) is 22.3 Å². The van der Waals surface area contributed by atoms with Crippen molar-refractivity contribution in [2.45, 2.75) is 18.9 Å². The van der Waals surface area contributed by atoms with Gasteiger partial charge in [-0.2, -0.15) is 0 Å². The average Bonchev–Trinajstić information content (AvgIpc) is 1.58. The Kier molecular flexibility index (Phi) is 1.40. The third-order valence-corrected chi connectivity index (χ3v) is 1.49. The van der Waals surface area contributed by atoms with E-state index in [4.69, 9.17) is 4.52 Å². The number of rotatable bonds is 1. The largest absolute Gasteiger partial charge is 0.362 e. The first kappa shape index (κ1) is 5.20. The van der Waals surface area contributed by atoms with Crippen LogP contribution in [0.4, 0.5) is 0 Å². The van der Waals surface area contributed by atoms with Gasteiger partial charge in [-0.1, -0.05) is 0 Å². The maximum Gasteiger partial charge on any atom is 0.138 e. The number of hydrogen-bond acceptors (Lipinski definition) is 2. The van der Waals surface area contributed by atoms with Crippen LogP contribution in [0, 0.1) is 0 Å². The monoisotopic (exact) mass is 118 g/mol. The Labute approximate surface area is 44.5 Å². The van der Waals surface area contributed by atoms with E-state index in [2.05, 4.69) is 9.47 Å². The van der Waals surface area contributed by atoms with Crippen molar-refractivity contribution in [1.82, 2.24) is 0 Å². The highest BCUT2D eigenvalue weighted by molar-refractivity contribution is 7.09. The second-order valence-corrected chi connectivity index (χ2v) is 1.98. The van der Waals surface area contributed by atoms with E-state index in [0.717, 1.165) is 0 Å². The van der Waals surface area contributed by atoms with Crippen molar-refractivity contribution >= 4 is 15.2 Å². The van der Waals surface area contributed by atoms with Crippen LogP contribution < -0.4 is 0 Å². The van der Waals surface area contributed by atoms with E-state index >= 15 is 0 Å². The summed E-state index contributed by atoms with van der Waals surface area (Å²) in [6.07, 6.45) is 1.44. The maximum absolute atomic E-state index is 10.2. The summed E-state index contributed by atoms with van der Waals surface area (Å²) >= 11 is 0. The molecule has 0 spiro atoms. The van der Waals surface area contributed by atoms with Crippen LogP contribution in [0.5, 0.6) is 0 Å². The summed E-state index contributed by atoms with van der Waals surface area (Å²) in [5.41, 5.74) is 0. The van der Waals surface area contributed by atoms with Crippen molar-refractivity contribution in [2.24, 2.45) is 0 Å². The van der Waals surface area contributed by atoms with Gasteiger partial charge in [0.15, 0.2) is 0 Å². The SMILES string of the molecule is O=C1CC(OP)C1. The zero-order chi connectivity index (χ0) is 5.28. The number of hydrogen-bond donors (Lipinski definition) is 0. The Hall–Kier alpha value is 0.0600. The smallest absolute Gasteiger partial charge is 0.138 e. The van der Waals surface area contributed by atoms with Gasteiger partial charge in [0.1, 0.15) is 5.78 Å². The molecule has 0 amide bonds. The fourth-order valence-corrected chi connectivity index (χ4v) is 0.737. The topological polar surface area (TPSA) is 26.3 Å². The van der Waals surface area contributed by atoms with Gasteiger partial charge >= 0.3 is 0 Å². The summed E-state index contributed by atoms with van der Waals surface area (Å²) in [7, 11) is 2.15. The molecule has 0 aromatic rings. The minimum atomic E-state index is 0.206. The highest BCUT2D eigenvalue weighted by atomic mass is 31.0. The first-order chi connectivity index (χ1) is 3.33. The molecule has 1 rings (SSSR count). The van der Waals surface area contributed by atoms with E-state index in [9.17, 15) is 4.79 Å². The lowest BCUT2D eigenvalue weighted by atomic mass is 9.95. The third-order valence-electron chi connectivity index (χ3n) is 1.10. The van der Waals surface area contributed by atoms with Crippen LogP contribution in [0.25, 0.3) is 0 Å². The van der Waals surface area contributed by atoms with E-state index < -0.39 is 0 Å². The van der Waals surface area contributed by atoms with Crippen molar-refractivity contribution in [3.63, 3.8) is 0 Å². The molecule has 1 aliphatic carbocycles. The first-order valence-corrected chi connectivity index (χ1v) is 2.67. The molecule has 1 unspecified atom stereocenters. The van der Waals surface area contributed by atoms with Gasteiger partial charge in [0.25, 0.3) is 0 Å². The Bertz CT molecular complexity index is 83.7.